The van der Waals surface area contributed by atoms with Crippen molar-refractivity contribution in [2.24, 2.45) is 0 Å². The predicted molar refractivity (Wildman–Crippen MR) is 41.4 cm³/mol. The van der Waals surface area contributed by atoms with Crippen molar-refractivity contribution < 1.29 is 14.3 Å². The summed E-state index contributed by atoms with van der Waals surface area (Å²) in [6.45, 7) is 3.35. The average molecular weight is 172 g/mol. The van der Waals surface area contributed by atoms with Crippen molar-refractivity contribution in [1.29, 1.82) is 0 Å². The van der Waals surface area contributed by atoms with E-state index in [1.54, 1.807) is 6.92 Å². The van der Waals surface area contributed by atoms with Crippen molar-refractivity contribution in [1.82, 2.24) is 10.6 Å². The highest BCUT2D eigenvalue weighted by Crippen LogP contribution is 1.90. The molecule has 1 heterocycles. The standard InChI is InChI=1S/C7H12N2O3/c1-2-12-7(11)6(10)9-5-3-8-4-5/h5,8H,2-4H2,1H3,(H,9,10). The normalized spacial score (nSPS) is 16.4. The first-order chi connectivity index (χ1) is 5.74. The van der Waals surface area contributed by atoms with Gasteiger partial charge in [0.15, 0.2) is 0 Å². The van der Waals surface area contributed by atoms with Crippen LogP contribution in [0.4, 0.5) is 0 Å². The fourth-order valence-electron chi connectivity index (χ4n) is 0.832. The maximum Gasteiger partial charge on any atom is 0.396 e. The largest absolute Gasteiger partial charge is 0.459 e. The number of ether oxygens (including phenoxy) is 1. The highest BCUT2D eigenvalue weighted by Gasteiger charge is 2.23. The van der Waals surface area contributed by atoms with Crippen molar-refractivity contribution in [2.45, 2.75) is 13.0 Å². The van der Waals surface area contributed by atoms with E-state index in [2.05, 4.69) is 15.4 Å². The van der Waals surface area contributed by atoms with Crippen LogP contribution in [-0.4, -0.2) is 37.6 Å². The number of esters is 1. The van der Waals surface area contributed by atoms with Crippen LogP contribution in [0.2, 0.25) is 0 Å². The second-order valence-electron chi connectivity index (χ2n) is 2.55. The van der Waals surface area contributed by atoms with Crippen LogP contribution in [0.5, 0.6) is 0 Å². The van der Waals surface area contributed by atoms with Crippen LogP contribution in [-0.2, 0) is 14.3 Å². The number of nitrogens with one attached hydrogen (secondary N) is 2. The zero-order valence-corrected chi connectivity index (χ0v) is 6.92. The molecule has 0 bridgehead atoms. The van der Waals surface area contributed by atoms with Gasteiger partial charge in [0, 0.05) is 13.1 Å². The van der Waals surface area contributed by atoms with Crippen LogP contribution in [0.3, 0.4) is 0 Å². The molecule has 1 aliphatic heterocycles. The molecule has 0 radical (unpaired) electrons. The van der Waals surface area contributed by atoms with Crippen molar-refractivity contribution in [3.05, 3.63) is 0 Å². The van der Waals surface area contributed by atoms with Gasteiger partial charge in [-0.3, -0.25) is 4.79 Å². The molecule has 0 atom stereocenters. The Hall–Kier alpha value is -1.10. The summed E-state index contributed by atoms with van der Waals surface area (Å²) in [5.41, 5.74) is 0. The predicted octanol–water partition coefficient (Wildman–Crippen LogP) is -1.36. The lowest BCUT2D eigenvalue weighted by atomic mass is 10.2. The Morgan fingerprint density at radius 2 is 2.25 bits per heavy atom. The third-order valence-electron chi connectivity index (χ3n) is 1.58. The Morgan fingerprint density at radius 1 is 1.58 bits per heavy atom. The molecule has 1 aliphatic rings. The van der Waals surface area contributed by atoms with Gasteiger partial charge >= 0.3 is 11.9 Å². The van der Waals surface area contributed by atoms with Crippen LogP contribution < -0.4 is 10.6 Å². The van der Waals surface area contributed by atoms with E-state index in [4.69, 9.17) is 0 Å². The molecular formula is C7H12N2O3. The van der Waals surface area contributed by atoms with Crippen LogP contribution in [0.1, 0.15) is 6.92 Å². The van der Waals surface area contributed by atoms with E-state index >= 15 is 0 Å². The zero-order valence-electron chi connectivity index (χ0n) is 6.92. The van der Waals surface area contributed by atoms with Gasteiger partial charge in [0.05, 0.1) is 12.6 Å². The summed E-state index contributed by atoms with van der Waals surface area (Å²) in [6.07, 6.45) is 0. The Kier molecular flexibility index (Phi) is 3.04. The quantitative estimate of drug-likeness (QED) is 0.398. The van der Waals surface area contributed by atoms with Gasteiger partial charge in [0.1, 0.15) is 0 Å². The minimum absolute atomic E-state index is 0.0851. The highest BCUT2D eigenvalue weighted by atomic mass is 16.5. The van der Waals surface area contributed by atoms with Gasteiger partial charge in [-0.05, 0) is 6.92 Å². The molecule has 0 aromatic heterocycles. The topological polar surface area (TPSA) is 67.4 Å². The molecule has 1 saturated heterocycles. The van der Waals surface area contributed by atoms with Crippen molar-refractivity contribution in [3.63, 3.8) is 0 Å². The van der Waals surface area contributed by atoms with Crippen LogP contribution in [0.25, 0.3) is 0 Å². The lowest BCUT2D eigenvalue weighted by Crippen LogP contribution is -2.58. The summed E-state index contributed by atoms with van der Waals surface area (Å²) in [5.74, 6) is -1.45. The average Bonchev–Trinajstić information content (AvgIpc) is 1.97. The van der Waals surface area contributed by atoms with Crippen molar-refractivity contribution >= 4 is 11.9 Å². The maximum absolute atomic E-state index is 10.9. The molecule has 5 nitrogen and oxygen atoms in total. The molecular weight excluding hydrogens is 160 g/mol. The summed E-state index contributed by atoms with van der Waals surface area (Å²) in [6, 6.07) is 0.0851. The van der Waals surface area contributed by atoms with E-state index < -0.39 is 11.9 Å². The third kappa shape index (κ3) is 2.20. The molecule has 0 unspecified atom stereocenters. The molecule has 0 saturated carbocycles. The Bertz CT molecular complexity index is 189. The van der Waals surface area contributed by atoms with Crippen LogP contribution >= 0.6 is 0 Å². The second-order valence-corrected chi connectivity index (χ2v) is 2.55. The molecule has 2 N–H and O–H groups in total. The molecule has 5 heteroatoms. The van der Waals surface area contributed by atoms with Gasteiger partial charge in [0.25, 0.3) is 0 Å². The fourth-order valence-corrected chi connectivity index (χ4v) is 0.832. The monoisotopic (exact) mass is 172 g/mol. The number of rotatable bonds is 2. The van der Waals surface area contributed by atoms with E-state index in [1.807, 2.05) is 0 Å². The van der Waals surface area contributed by atoms with Gasteiger partial charge in [0.2, 0.25) is 0 Å². The summed E-state index contributed by atoms with van der Waals surface area (Å²) >= 11 is 0. The third-order valence-corrected chi connectivity index (χ3v) is 1.58. The molecule has 1 amide bonds. The van der Waals surface area contributed by atoms with Crippen LogP contribution in [0, 0.1) is 0 Å². The highest BCUT2D eigenvalue weighted by molar-refractivity contribution is 6.32. The number of hydrogen-bond acceptors (Lipinski definition) is 4. The molecule has 12 heavy (non-hydrogen) atoms. The van der Waals surface area contributed by atoms with E-state index in [0.717, 1.165) is 13.1 Å². The Morgan fingerprint density at radius 3 is 2.67 bits per heavy atom. The minimum atomic E-state index is -0.801. The first-order valence-corrected chi connectivity index (χ1v) is 3.92. The van der Waals surface area contributed by atoms with E-state index in [9.17, 15) is 9.59 Å². The van der Waals surface area contributed by atoms with Crippen LogP contribution in [0.15, 0.2) is 0 Å². The molecule has 1 fully saturated rings. The minimum Gasteiger partial charge on any atom is -0.459 e. The number of carbonyl (C=O) groups is 2. The molecule has 0 spiro atoms. The maximum atomic E-state index is 10.9. The number of carbonyl (C=O) groups excluding carboxylic acids is 2. The van der Waals surface area contributed by atoms with Crippen molar-refractivity contribution in [3.8, 4) is 0 Å². The smallest absolute Gasteiger partial charge is 0.396 e. The van der Waals surface area contributed by atoms with Gasteiger partial charge in [-0.1, -0.05) is 0 Å². The lowest BCUT2D eigenvalue weighted by molar-refractivity contribution is -0.155. The molecule has 0 aromatic rings. The molecule has 0 aliphatic carbocycles. The summed E-state index contributed by atoms with van der Waals surface area (Å²) < 4.78 is 4.50. The van der Waals surface area contributed by atoms with Gasteiger partial charge in [-0.15, -0.1) is 0 Å². The Balaban J connectivity index is 2.21. The SMILES string of the molecule is CCOC(=O)C(=O)NC1CNC1. The van der Waals surface area contributed by atoms with Gasteiger partial charge in [-0.25, -0.2) is 4.79 Å². The van der Waals surface area contributed by atoms with E-state index in [1.165, 1.54) is 0 Å². The molecule has 68 valence electrons. The number of hydrogen-bond donors (Lipinski definition) is 2. The lowest BCUT2D eigenvalue weighted by Gasteiger charge is -2.27. The fraction of sp³-hybridized carbons (Fsp3) is 0.714. The Labute approximate surface area is 70.5 Å². The van der Waals surface area contributed by atoms with Gasteiger partial charge in [-0.2, -0.15) is 0 Å². The molecule has 1 rings (SSSR count). The summed E-state index contributed by atoms with van der Waals surface area (Å²) in [5, 5.41) is 5.50. The summed E-state index contributed by atoms with van der Waals surface area (Å²) in [4.78, 5) is 21.7. The van der Waals surface area contributed by atoms with Crippen molar-refractivity contribution in [2.75, 3.05) is 19.7 Å². The van der Waals surface area contributed by atoms with E-state index in [0.29, 0.717) is 0 Å². The number of amides is 1. The first-order valence-electron chi connectivity index (χ1n) is 3.92. The summed E-state index contributed by atoms with van der Waals surface area (Å²) in [7, 11) is 0. The molecule has 0 aromatic carbocycles. The zero-order chi connectivity index (χ0) is 8.97. The second kappa shape index (κ2) is 4.06. The first kappa shape index (κ1) is 8.99. The van der Waals surface area contributed by atoms with Gasteiger partial charge < -0.3 is 15.4 Å². The van der Waals surface area contributed by atoms with E-state index in [-0.39, 0.29) is 12.6 Å².